The molecule has 2 rings (SSSR count). The number of morpholine rings is 1. The van der Waals surface area contributed by atoms with Crippen molar-refractivity contribution in [3.05, 3.63) is 0 Å². The first-order valence-electron chi connectivity index (χ1n) is 7.90. The third kappa shape index (κ3) is 10.8. The van der Waals surface area contributed by atoms with E-state index in [1.807, 2.05) is 4.90 Å². The zero-order chi connectivity index (χ0) is 22.7. The predicted molar refractivity (Wildman–Crippen MR) is 87.9 cm³/mol. The molecule has 0 aromatic carbocycles. The molecule has 2 aliphatic rings. The number of ether oxygens (including phenoxy) is 3. The number of carbonyl (C=O) groups is 2. The predicted octanol–water partition coefficient (Wildman–Crippen LogP) is 2.54. The number of oxime groups is 1. The maximum atomic E-state index is 11.8. The quantitative estimate of drug-likeness (QED) is 0.113. The van der Waals surface area contributed by atoms with Gasteiger partial charge in [0.25, 0.3) is 11.5 Å². The Labute approximate surface area is 161 Å². The summed E-state index contributed by atoms with van der Waals surface area (Å²) in [5, 5.41) is 3.61. The first-order valence-corrected chi connectivity index (χ1v) is 9.93. The molecule has 0 atom stereocenters. The molecule has 0 radical (unpaired) electrons. The van der Waals surface area contributed by atoms with Crippen molar-refractivity contribution < 1.29 is 58.4 Å². The number of nitrogens with zero attached hydrogens (tertiary/aromatic N) is 3. The fraction of sp³-hybridized carbons (Fsp3) is 0.692. The number of hydrogen-bond acceptors (Lipinski definition) is 7. The van der Waals surface area contributed by atoms with E-state index in [0.29, 0.717) is 32.3 Å². The summed E-state index contributed by atoms with van der Waals surface area (Å²) < 4.78 is 76.0. The molecule has 2 aliphatic heterocycles. The Balaban J connectivity index is 0.000000516. The zero-order valence-corrected chi connectivity index (χ0v) is 16.7. The van der Waals surface area contributed by atoms with Gasteiger partial charge in [0.05, 0.1) is 27.3 Å². The minimum absolute atomic E-state index is 0.404. The molecule has 29 heavy (non-hydrogen) atoms. The SMILES string of the molecule is C[N+](C)=C(ON=C1C(=O)OC(C)(C)OC1=O)N1CCOCC1.F[P-](F)(F)(F)(F)F. The van der Waals surface area contributed by atoms with Gasteiger partial charge < -0.3 is 14.2 Å². The van der Waals surface area contributed by atoms with Gasteiger partial charge in [-0.1, -0.05) is 5.16 Å². The van der Waals surface area contributed by atoms with Gasteiger partial charge in [0, 0.05) is 13.8 Å². The van der Waals surface area contributed by atoms with Crippen LogP contribution in [0.4, 0.5) is 25.2 Å². The van der Waals surface area contributed by atoms with Crippen LogP contribution >= 0.6 is 7.81 Å². The molecule has 2 saturated heterocycles. The van der Waals surface area contributed by atoms with Crippen molar-refractivity contribution in [1.82, 2.24) is 4.90 Å². The number of carbonyl (C=O) groups excluding carboxylic acids is 2. The van der Waals surface area contributed by atoms with Crippen molar-refractivity contribution in [1.29, 1.82) is 0 Å². The Bertz CT molecular complexity index is 694. The van der Waals surface area contributed by atoms with E-state index in [9.17, 15) is 34.8 Å². The van der Waals surface area contributed by atoms with Crippen molar-refractivity contribution in [2.24, 2.45) is 5.16 Å². The van der Waals surface area contributed by atoms with Gasteiger partial charge in [-0.05, 0) is 0 Å². The minimum atomic E-state index is -10.7. The molecule has 9 nitrogen and oxygen atoms in total. The van der Waals surface area contributed by atoms with Crippen LogP contribution in [-0.4, -0.2) is 79.3 Å². The Morgan fingerprint density at radius 1 is 1.03 bits per heavy atom. The molecular formula is C13H20F6N3O6P. The third-order valence-corrected chi connectivity index (χ3v) is 2.95. The second-order valence-electron chi connectivity index (χ2n) is 6.44. The normalized spacial score (nSPS) is 21.4. The number of rotatable bonds is 1. The molecule has 0 aromatic rings. The molecule has 16 heteroatoms. The summed E-state index contributed by atoms with van der Waals surface area (Å²) >= 11 is 0. The maximum absolute atomic E-state index is 11.8. The number of cyclic esters (lactones) is 2. The van der Waals surface area contributed by atoms with E-state index in [4.69, 9.17) is 19.0 Å². The van der Waals surface area contributed by atoms with Gasteiger partial charge in [0.2, 0.25) is 0 Å². The Kier molecular flexibility index (Phi) is 6.52. The molecule has 0 bridgehead atoms. The summed E-state index contributed by atoms with van der Waals surface area (Å²) in [6.45, 7) is 5.31. The Morgan fingerprint density at radius 3 is 1.83 bits per heavy atom. The monoisotopic (exact) mass is 459 g/mol. The number of esters is 2. The van der Waals surface area contributed by atoms with E-state index < -0.39 is 31.2 Å². The first-order chi connectivity index (χ1) is 12.7. The molecule has 0 N–H and O–H groups in total. The summed E-state index contributed by atoms with van der Waals surface area (Å²) in [7, 11) is -7.12. The summed E-state index contributed by atoms with van der Waals surface area (Å²) in [5.41, 5.74) is -0.521. The summed E-state index contributed by atoms with van der Waals surface area (Å²) in [6.07, 6.45) is 0. The van der Waals surface area contributed by atoms with Gasteiger partial charge in [-0.15, -0.1) is 0 Å². The fourth-order valence-electron chi connectivity index (χ4n) is 1.99. The van der Waals surface area contributed by atoms with Crippen LogP contribution in [0.5, 0.6) is 0 Å². The average Bonchev–Trinajstić information content (AvgIpc) is 2.46. The number of hydrogen-bond donors (Lipinski definition) is 0. The molecule has 0 unspecified atom stereocenters. The van der Waals surface area contributed by atoms with Crippen LogP contribution in [-0.2, 0) is 28.6 Å². The fourth-order valence-corrected chi connectivity index (χ4v) is 1.99. The van der Waals surface area contributed by atoms with Crippen LogP contribution in [0.2, 0.25) is 0 Å². The van der Waals surface area contributed by atoms with Gasteiger partial charge in [-0.2, -0.15) is 0 Å². The molecule has 0 aliphatic carbocycles. The molecule has 2 fully saturated rings. The Hall–Kier alpha value is -2.15. The second-order valence-corrected chi connectivity index (χ2v) is 8.36. The van der Waals surface area contributed by atoms with Crippen LogP contribution in [0.3, 0.4) is 0 Å². The van der Waals surface area contributed by atoms with Crippen molar-refractivity contribution in [2.75, 3.05) is 40.4 Å². The van der Waals surface area contributed by atoms with Crippen LogP contribution in [0.25, 0.3) is 0 Å². The van der Waals surface area contributed by atoms with Gasteiger partial charge in [-0.25, -0.2) is 19.1 Å². The van der Waals surface area contributed by atoms with Gasteiger partial charge in [0.1, 0.15) is 13.1 Å². The third-order valence-electron chi connectivity index (χ3n) is 2.95. The van der Waals surface area contributed by atoms with Crippen molar-refractivity contribution in [3.63, 3.8) is 0 Å². The standard InChI is InChI=1S/C13H20N3O6.F6P/c1-13(2)20-10(17)9(11(18)21-13)14-22-12(15(3)4)16-5-7-19-8-6-16;1-7(2,3,4,5)6/h5-8H2,1-4H3;/q+1;-1. The number of halogens is 6. The molecule has 2 heterocycles. The van der Waals surface area contributed by atoms with Gasteiger partial charge in [-0.3, -0.25) is 4.84 Å². The topological polar surface area (TPSA) is 89.7 Å². The van der Waals surface area contributed by atoms with E-state index in [1.165, 1.54) is 13.8 Å². The summed E-state index contributed by atoms with van der Waals surface area (Å²) in [4.78, 5) is 30.8. The van der Waals surface area contributed by atoms with Crippen molar-refractivity contribution in [2.45, 2.75) is 19.6 Å². The average molecular weight is 459 g/mol. The molecule has 0 aromatic heterocycles. The summed E-state index contributed by atoms with van der Waals surface area (Å²) in [6, 6.07) is 0.404. The first kappa shape index (κ1) is 24.9. The van der Waals surface area contributed by atoms with E-state index in [1.54, 1.807) is 18.7 Å². The van der Waals surface area contributed by atoms with Crippen LogP contribution in [0.15, 0.2) is 5.16 Å². The Morgan fingerprint density at radius 2 is 1.45 bits per heavy atom. The molecular weight excluding hydrogens is 439 g/mol. The second kappa shape index (κ2) is 7.59. The van der Waals surface area contributed by atoms with Crippen LogP contribution in [0.1, 0.15) is 13.8 Å². The van der Waals surface area contributed by atoms with Gasteiger partial charge in [0.15, 0.2) is 0 Å². The van der Waals surface area contributed by atoms with E-state index >= 15 is 0 Å². The van der Waals surface area contributed by atoms with Gasteiger partial charge >= 0.3 is 51.0 Å². The van der Waals surface area contributed by atoms with Crippen molar-refractivity contribution >= 4 is 31.5 Å². The molecule has 0 amide bonds. The number of amidine groups is 1. The van der Waals surface area contributed by atoms with Crippen LogP contribution in [0, 0.1) is 0 Å². The van der Waals surface area contributed by atoms with E-state index in [-0.39, 0.29) is 0 Å². The van der Waals surface area contributed by atoms with Crippen LogP contribution < -0.4 is 0 Å². The summed E-state index contributed by atoms with van der Waals surface area (Å²) in [5.74, 6) is -3.05. The molecule has 0 saturated carbocycles. The van der Waals surface area contributed by atoms with E-state index in [2.05, 4.69) is 5.16 Å². The van der Waals surface area contributed by atoms with Crippen molar-refractivity contribution in [3.8, 4) is 0 Å². The molecule has 170 valence electrons. The van der Waals surface area contributed by atoms with E-state index in [0.717, 1.165) is 0 Å². The zero-order valence-electron chi connectivity index (χ0n) is 15.8. The molecule has 0 spiro atoms.